The molecule has 1 heterocycles. The van der Waals surface area contributed by atoms with Crippen LogP contribution in [-0.2, 0) is 12.4 Å². The topological polar surface area (TPSA) is 126 Å². The number of nitrogens with zero attached hydrogens (tertiary/aromatic N) is 2. The Morgan fingerprint density at radius 2 is 1.72 bits per heavy atom. The average molecular weight is 371 g/mol. The van der Waals surface area contributed by atoms with Crippen LogP contribution in [0.5, 0.6) is 5.75 Å². The summed E-state index contributed by atoms with van der Waals surface area (Å²) in [6.07, 6.45) is -11.3. The van der Waals surface area contributed by atoms with Crippen LogP contribution in [0.1, 0.15) is 11.1 Å². The van der Waals surface area contributed by atoms with Gasteiger partial charge in [-0.25, -0.2) is 0 Å². The van der Waals surface area contributed by atoms with Crippen LogP contribution in [0.3, 0.4) is 0 Å². The molecule has 0 spiro atoms. The second-order valence-corrected chi connectivity index (χ2v) is 4.57. The van der Waals surface area contributed by atoms with Gasteiger partial charge in [0.2, 0.25) is 5.69 Å². The van der Waals surface area contributed by atoms with E-state index in [1.54, 1.807) is 0 Å². The van der Waals surface area contributed by atoms with E-state index in [0.29, 0.717) is 0 Å². The van der Waals surface area contributed by atoms with Crippen molar-refractivity contribution >= 4 is 22.3 Å². The highest BCUT2D eigenvalue weighted by molar-refractivity contribution is 5.95. The van der Waals surface area contributed by atoms with Gasteiger partial charge in [-0.3, -0.25) is 14.9 Å². The maximum Gasteiger partial charge on any atom is 0.423 e. The summed E-state index contributed by atoms with van der Waals surface area (Å²) < 4.78 is 78.6. The van der Waals surface area contributed by atoms with Gasteiger partial charge in [0.25, 0.3) is 11.2 Å². The molecule has 8 nitrogen and oxygen atoms in total. The van der Waals surface area contributed by atoms with Crippen LogP contribution in [0.2, 0.25) is 0 Å². The molecule has 0 amide bonds. The normalized spacial score (nSPS) is 12.4. The van der Waals surface area contributed by atoms with Crippen LogP contribution >= 0.6 is 0 Å². The Hall–Kier alpha value is -3.19. The molecule has 0 aliphatic rings. The largest absolute Gasteiger partial charge is 0.505 e. The highest BCUT2D eigenvalue weighted by Crippen LogP contribution is 2.49. The van der Waals surface area contributed by atoms with E-state index < -0.39 is 62.0 Å². The molecule has 0 radical (unpaired) electrons. The van der Waals surface area contributed by atoms with Crippen LogP contribution in [-0.4, -0.2) is 15.0 Å². The molecule has 14 heteroatoms. The van der Waals surface area contributed by atoms with Gasteiger partial charge in [0, 0.05) is 0 Å². The maximum atomic E-state index is 13.2. The van der Waals surface area contributed by atoms with Crippen molar-refractivity contribution in [2.75, 3.05) is 0 Å². The fourth-order valence-corrected chi connectivity index (χ4v) is 2.19. The van der Waals surface area contributed by atoms with Crippen LogP contribution in [0, 0.1) is 15.0 Å². The number of benzene rings is 1. The number of nitroso groups, excluding NO2 is 1. The molecule has 2 aromatic rings. The average Bonchev–Trinajstić information content (AvgIpc) is 2.43. The number of H-pyrrole nitrogens is 1. The van der Waals surface area contributed by atoms with Crippen LogP contribution < -0.4 is 5.56 Å². The Bertz CT molecular complexity index is 962. The smallest absolute Gasteiger partial charge is 0.423 e. The van der Waals surface area contributed by atoms with Crippen LogP contribution in [0.4, 0.5) is 37.7 Å². The molecule has 0 fully saturated rings. The Morgan fingerprint density at radius 1 is 1.16 bits per heavy atom. The van der Waals surface area contributed by atoms with E-state index >= 15 is 0 Å². The van der Waals surface area contributed by atoms with E-state index in [1.165, 1.54) is 4.98 Å². The lowest BCUT2D eigenvalue weighted by molar-refractivity contribution is -0.391. The van der Waals surface area contributed by atoms with Gasteiger partial charge in [0.15, 0.2) is 5.75 Å². The number of aromatic amines is 1. The number of nitrogens with one attached hydrogen (secondary N) is 1. The summed E-state index contributed by atoms with van der Waals surface area (Å²) in [4.78, 5) is 32.4. The zero-order valence-corrected chi connectivity index (χ0v) is 11.3. The lowest BCUT2D eigenvalue weighted by Gasteiger charge is -2.16. The van der Waals surface area contributed by atoms with Crippen molar-refractivity contribution < 1.29 is 36.4 Å². The number of rotatable bonds is 2. The van der Waals surface area contributed by atoms with Crippen molar-refractivity contribution in [3.05, 3.63) is 42.6 Å². The second-order valence-electron chi connectivity index (χ2n) is 4.57. The number of aromatic nitrogens is 1. The van der Waals surface area contributed by atoms with E-state index in [-0.39, 0.29) is 6.07 Å². The molecule has 25 heavy (non-hydrogen) atoms. The minimum atomic E-state index is -5.74. The SMILES string of the molecule is O=Nc1c(O)c2c(C(F)(F)F)c([N+](=O)[O-])c(C(F)(F)F)cc2[nH]c1=O. The second kappa shape index (κ2) is 5.42. The summed E-state index contributed by atoms with van der Waals surface area (Å²) in [5, 5.41) is 21.0. The van der Waals surface area contributed by atoms with Crippen molar-refractivity contribution in [1.82, 2.24) is 4.98 Å². The number of halogens is 6. The maximum absolute atomic E-state index is 13.2. The third-order valence-corrected chi connectivity index (χ3v) is 3.09. The number of fused-ring (bicyclic) bond motifs is 1. The standard InChI is InChI=1S/C11H3F6N3O5/c12-10(13,14)2-1-3-4(8(21)6(19-23)9(22)18-3)5(11(15,16)17)7(2)20(24)25/h1H,(H2,18,21,22). The first-order valence-corrected chi connectivity index (χ1v) is 5.88. The van der Waals surface area contributed by atoms with Crippen LogP contribution in [0.15, 0.2) is 16.0 Å². The fraction of sp³-hybridized carbons (Fsp3) is 0.182. The summed E-state index contributed by atoms with van der Waals surface area (Å²) in [6.45, 7) is 0. The first-order valence-electron chi connectivity index (χ1n) is 5.88. The number of nitro benzene ring substituents is 1. The molecule has 0 saturated heterocycles. The number of hydrogen-bond donors (Lipinski definition) is 2. The van der Waals surface area contributed by atoms with E-state index in [4.69, 9.17) is 0 Å². The Balaban J connectivity index is 3.28. The summed E-state index contributed by atoms with van der Waals surface area (Å²) in [6, 6.07) is -0.140. The molecule has 0 bridgehead atoms. The molecule has 1 aromatic carbocycles. The number of alkyl halides is 6. The predicted octanol–water partition coefficient (Wildman–Crippen LogP) is 3.58. The molecule has 2 rings (SSSR count). The van der Waals surface area contributed by atoms with Gasteiger partial charge < -0.3 is 10.1 Å². The van der Waals surface area contributed by atoms with Gasteiger partial charge in [0.1, 0.15) is 11.1 Å². The number of aromatic hydroxyl groups is 1. The molecule has 0 aliphatic carbocycles. The third kappa shape index (κ3) is 2.85. The van der Waals surface area contributed by atoms with E-state index in [2.05, 4.69) is 0 Å². The minimum Gasteiger partial charge on any atom is -0.505 e. The van der Waals surface area contributed by atoms with Gasteiger partial charge >= 0.3 is 12.4 Å². The van der Waals surface area contributed by atoms with Crippen molar-refractivity contribution in [1.29, 1.82) is 0 Å². The molecule has 0 unspecified atom stereocenters. The van der Waals surface area contributed by atoms with Gasteiger partial charge in [-0.15, -0.1) is 4.91 Å². The first kappa shape index (κ1) is 18.2. The zero-order chi connectivity index (χ0) is 19.3. The van der Waals surface area contributed by atoms with Crippen LogP contribution in [0.25, 0.3) is 10.9 Å². The molecule has 1 aromatic heterocycles. The van der Waals surface area contributed by atoms with Gasteiger partial charge in [-0.2, -0.15) is 26.3 Å². The van der Waals surface area contributed by atoms with E-state index in [0.717, 1.165) is 0 Å². The molecule has 134 valence electrons. The van der Waals surface area contributed by atoms with Crippen molar-refractivity contribution in [3.63, 3.8) is 0 Å². The van der Waals surface area contributed by atoms with Crippen molar-refractivity contribution in [2.24, 2.45) is 5.18 Å². The highest BCUT2D eigenvalue weighted by Gasteiger charge is 2.49. The quantitative estimate of drug-likeness (QED) is 0.361. The van der Waals surface area contributed by atoms with Gasteiger partial charge in [-0.05, 0) is 11.2 Å². The predicted molar refractivity (Wildman–Crippen MR) is 68.3 cm³/mol. The highest BCUT2D eigenvalue weighted by atomic mass is 19.4. The van der Waals surface area contributed by atoms with Crippen molar-refractivity contribution in [3.8, 4) is 5.75 Å². The first-order chi connectivity index (χ1) is 11.3. The third-order valence-electron chi connectivity index (χ3n) is 3.09. The molecule has 0 saturated carbocycles. The molecule has 0 atom stereocenters. The lowest BCUT2D eigenvalue weighted by atomic mass is 9.99. The molecular formula is C11H3F6N3O5. The fourth-order valence-electron chi connectivity index (χ4n) is 2.19. The lowest BCUT2D eigenvalue weighted by Crippen LogP contribution is -2.18. The van der Waals surface area contributed by atoms with E-state index in [9.17, 15) is 51.3 Å². The van der Waals surface area contributed by atoms with Crippen molar-refractivity contribution in [2.45, 2.75) is 12.4 Å². The Morgan fingerprint density at radius 3 is 2.12 bits per heavy atom. The molecule has 0 aliphatic heterocycles. The summed E-state index contributed by atoms with van der Waals surface area (Å²) >= 11 is 0. The molecule has 2 N–H and O–H groups in total. The van der Waals surface area contributed by atoms with E-state index in [1.807, 2.05) is 5.18 Å². The zero-order valence-electron chi connectivity index (χ0n) is 11.3. The van der Waals surface area contributed by atoms with Gasteiger partial charge in [-0.1, -0.05) is 0 Å². The monoisotopic (exact) mass is 371 g/mol. The molecular weight excluding hydrogens is 368 g/mol. The summed E-state index contributed by atoms with van der Waals surface area (Å²) in [5.74, 6) is -1.72. The Labute approximate surface area is 130 Å². The summed E-state index contributed by atoms with van der Waals surface area (Å²) in [7, 11) is 0. The van der Waals surface area contributed by atoms with Gasteiger partial charge in [0.05, 0.1) is 15.8 Å². The number of hydrogen-bond acceptors (Lipinski definition) is 6. The number of pyridine rings is 1. The number of nitro groups is 1. The Kier molecular flexibility index (Phi) is 3.94. The summed E-state index contributed by atoms with van der Waals surface area (Å²) in [5.41, 5.74) is -11.4. The minimum absolute atomic E-state index is 0.140.